The van der Waals surface area contributed by atoms with Crippen LogP contribution >= 0.6 is 0 Å². The number of carboxylic acids is 1. The summed E-state index contributed by atoms with van der Waals surface area (Å²) < 4.78 is 5.68. The van der Waals surface area contributed by atoms with E-state index in [0.717, 1.165) is 24.4 Å². The number of nitrogens with one attached hydrogen (secondary N) is 1. The molecule has 0 aliphatic rings. The summed E-state index contributed by atoms with van der Waals surface area (Å²) in [5.74, 6) is -0.115. The van der Waals surface area contributed by atoms with Crippen molar-refractivity contribution >= 4 is 5.97 Å². The predicted octanol–water partition coefficient (Wildman–Crippen LogP) is 3.07. The molecule has 110 valence electrons. The molecule has 0 atom stereocenters. The zero-order valence-corrected chi connectivity index (χ0v) is 12.0. The zero-order chi connectivity index (χ0) is 15.1. The third-order valence-corrected chi connectivity index (χ3v) is 3.11. The normalized spacial score (nSPS) is 10.3. The molecular formula is C17H19NO3. The fourth-order valence-corrected chi connectivity index (χ4v) is 1.88. The number of ether oxygens (including phenoxy) is 1. The lowest BCUT2D eigenvalue weighted by molar-refractivity contribution is 0.0697. The second-order valence-corrected chi connectivity index (χ2v) is 4.72. The molecule has 0 amide bonds. The summed E-state index contributed by atoms with van der Waals surface area (Å²) >= 11 is 0. The van der Waals surface area contributed by atoms with Crippen LogP contribution in [0.3, 0.4) is 0 Å². The summed E-state index contributed by atoms with van der Waals surface area (Å²) in [6.45, 7) is 4.30. The molecule has 21 heavy (non-hydrogen) atoms. The van der Waals surface area contributed by atoms with Crippen LogP contribution in [0.15, 0.2) is 48.5 Å². The van der Waals surface area contributed by atoms with E-state index < -0.39 is 5.97 Å². The Labute approximate surface area is 124 Å². The van der Waals surface area contributed by atoms with Crippen molar-refractivity contribution in [3.05, 3.63) is 65.2 Å². The van der Waals surface area contributed by atoms with Crippen LogP contribution in [0.25, 0.3) is 0 Å². The molecule has 0 radical (unpaired) electrons. The molecule has 2 rings (SSSR count). The third kappa shape index (κ3) is 4.61. The minimum absolute atomic E-state index is 0.284. The summed E-state index contributed by atoms with van der Waals surface area (Å²) in [5, 5.41) is 12.1. The van der Waals surface area contributed by atoms with Crippen LogP contribution in [0, 0.1) is 0 Å². The molecule has 0 aromatic heterocycles. The number of rotatable bonds is 7. The number of aromatic carboxylic acids is 1. The molecule has 0 spiro atoms. The lowest BCUT2D eigenvalue weighted by Gasteiger charge is -2.08. The van der Waals surface area contributed by atoms with E-state index in [1.165, 1.54) is 5.56 Å². The Morgan fingerprint density at radius 2 is 1.67 bits per heavy atom. The first-order valence-electron chi connectivity index (χ1n) is 6.93. The molecule has 0 bridgehead atoms. The minimum atomic E-state index is -0.918. The van der Waals surface area contributed by atoms with E-state index in [1.807, 2.05) is 24.3 Å². The molecule has 0 heterocycles. The number of hydrogen-bond donors (Lipinski definition) is 2. The Morgan fingerprint density at radius 1 is 1.05 bits per heavy atom. The summed E-state index contributed by atoms with van der Waals surface area (Å²) in [5.41, 5.74) is 2.44. The van der Waals surface area contributed by atoms with Crippen molar-refractivity contribution in [3.63, 3.8) is 0 Å². The van der Waals surface area contributed by atoms with Crippen molar-refractivity contribution in [2.45, 2.75) is 20.1 Å². The zero-order valence-electron chi connectivity index (χ0n) is 12.0. The third-order valence-electron chi connectivity index (χ3n) is 3.11. The monoisotopic (exact) mass is 285 g/mol. The lowest BCUT2D eigenvalue weighted by Crippen LogP contribution is -2.11. The highest BCUT2D eigenvalue weighted by atomic mass is 16.5. The smallest absolute Gasteiger partial charge is 0.335 e. The van der Waals surface area contributed by atoms with Crippen molar-refractivity contribution in [1.82, 2.24) is 5.32 Å². The van der Waals surface area contributed by atoms with Crippen LogP contribution in [0.2, 0.25) is 0 Å². The molecule has 0 unspecified atom stereocenters. The average Bonchev–Trinajstić information content (AvgIpc) is 2.52. The van der Waals surface area contributed by atoms with Gasteiger partial charge < -0.3 is 15.2 Å². The van der Waals surface area contributed by atoms with Crippen molar-refractivity contribution in [2.75, 3.05) is 6.54 Å². The van der Waals surface area contributed by atoms with Gasteiger partial charge in [0.1, 0.15) is 12.4 Å². The van der Waals surface area contributed by atoms with Gasteiger partial charge in [-0.2, -0.15) is 0 Å². The average molecular weight is 285 g/mol. The first-order chi connectivity index (χ1) is 10.2. The van der Waals surface area contributed by atoms with Gasteiger partial charge in [-0.1, -0.05) is 31.2 Å². The van der Waals surface area contributed by atoms with Gasteiger partial charge in [0.25, 0.3) is 0 Å². The standard InChI is InChI=1S/C17H19NO3/c1-2-18-11-13-5-9-16(10-6-13)21-12-14-3-7-15(8-4-14)17(19)20/h3-10,18H,2,11-12H2,1H3,(H,19,20). The molecular weight excluding hydrogens is 266 g/mol. The second kappa shape index (κ2) is 7.45. The highest BCUT2D eigenvalue weighted by Crippen LogP contribution is 2.14. The van der Waals surface area contributed by atoms with Gasteiger partial charge in [0, 0.05) is 6.54 Å². The SMILES string of the molecule is CCNCc1ccc(OCc2ccc(C(=O)O)cc2)cc1. The van der Waals surface area contributed by atoms with Crippen LogP contribution < -0.4 is 10.1 Å². The topological polar surface area (TPSA) is 58.6 Å². The van der Waals surface area contributed by atoms with E-state index >= 15 is 0 Å². The Kier molecular flexibility index (Phi) is 5.35. The van der Waals surface area contributed by atoms with E-state index in [0.29, 0.717) is 6.61 Å². The van der Waals surface area contributed by atoms with Gasteiger partial charge in [0.2, 0.25) is 0 Å². The molecule has 0 saturated carbocycles. The van der Waals surface area contributed by atoms with Crippen molar-refractivity contribution < 1.29 is 14.6 Å². The van der Waals surface area contributed by atoms with Gasteiger partial charge in [-0.05, 0) is 41.9 Å². The second-order valence-electron chi connectivity index (χ2n) is 4.72. The van der Waals surface area contributed by atoms with E-state index in [9.17, 15) is 4.79 Å². The van der Waals surface area contributed by atoms with E-state index in [1.54, 1.807) is 24.3 Å². The Balaban J connectivity index is 1.88. The highest BCUT2D eigenvalue weighted by molar-refractivity contribution is 5.87. The molecule has 2 aromatic rings. The number of benzene rings is 2. The largest absolute Gasteiger partial charge is 0.489 e. The van der Waals surface area contributed by atoms with Gasteiger partial charge in [-0.15, -0.1) is 0 Å². The maximum Gasteiger partial charge on any atom is 0.335 e. The van der Waals surface area contributed by atoms with Gasteiger partial charge in [0.15, 0.2) is 0 Å². The van der Waals surface area contributed by atoms with E-state index in [2.05, 4.69) is 12.2 Å². The van der Waals surface area contributed by atoms with Crippen molar-refractivity contribution in [2.24, 2.45) is 0 Å². The fraction of sp³-hybridized carbons (Fsp3) is 0.235. The van der Waals surface area contributed by atoms with Crippen LogP contribution in [-0.2, 0) is 13.2 Å². The Morgan fingerprint density at radius 3 is 2.24 bits per heavy atom. The summed E-state index contributed by atoms with van der Waals surface area (Å²) in [4.78, 5) is 10.8. The molecule has 0 saturated heterocycles. The fourth-order valence-electron chi connectivity index (χ4n) is 1.88. The number of hydrogen-bond acceptors (Lipinski definition) is 3. The van der Waals surface area contributed by atoms with Gasteiger partial charge in [0.05, 0.1) is 5.56 Å². The van der Waals surface area contributed by atoms with Gasteiger partial charge in [-0.25, -0.2) is 4.79 Å². The van der Waals surface area contributed by atoms with Gasteiger partial charge in [-0.3, -0.25) is 0 Å². The molecule has 0 aliphatic heterocycles. The first kappa shape index (κ1) is 15.1. The Hall–Kier alpha value is -2.33. The van der Waals surface area contributed by atoms with Crippen LogP contribution in [0.4, 0.5) is 0 Å². The van der Waals surface area contributed by atoms with Crippen molar-refractivity contribution in [1.29, 1.82) is 0 Å². The Bertz CT molecular complexity index is 576. The summed E-state index contributed by atoms with van der Waals surface area (Å²) in [7, 11) is 0. The van der Waals surface area contributed by atoms with Crippen molar-refractivity contribution in [3.8, 4) is 5.75 Å². The number of carbonyl (C=O) groups is 1. The predicted molar refractivity (Wildman–Crippen MR) is 81.6 cm³/mol. The van der Waals surface area contributed by atoms with Gasteiger partial charge >= 0.3 is 5.97 Å². The summed E-state index contributed by atoms with van der Waals surface area (Å²) in [6.07, 6.45) is 0. The van der Waals surface area contributed by atoms with Crippen LogP contribution in [0.1, 0.15) is 28.4 Å². The van der Waals surface area contributed by atoms with E-state index in [4.69, 9.17) is 9.84 Å². The lowest BCUT2D eigenvalue weighted by atomic mass is 10.1. The van der Waals surface area contributed by atoms with E-state index in [-0.39, 0.29) is 5.56 Å². The maximum absolute atomic E-state index is 10.8. The maximum atomic E-state index is 10.8. The highest BCUT2D eigenvalue weighted by Gasteiger charge is 2.02. The molecule has 2 aromatic carbocycles. The molecule has 4 nitrogen and oxygen atoms in total. The van der Waals surface area contributed by atoms with Crippen LogP contribution in [-0.4, -0.2) is 17.6 Å². The molecule has 0 aliphatic carbocycles. The molecule has 2 N–H and O–H groups in total. The number of carboxylic acid groups (broad SMARTS) is 1. The summed E-state index contributed by atoms with van der Waals surface area (Å²) in [6, 6.07) is 14.7. The molecule has 4 heteroatoms. The minimum Gasteiger partial charge on any atom is -0.489 e. The van der Waals surface area contributed by atoms with Crippen LogP contribution in [0.5, 0.6) is 5.75 Å². The first-order valence-corrected chi connectivity index (χ1v) is 6.93. The quantitative estimate of drug-likeness (QED) is 0.821. The molecule has 0 fully saturated rings.